The normalized spacial score (nSPS) is 14.9. The van der Waals surface area contributed by atoms with Gasteiger partial charge in [-0.15, -0.1) is 0 Å². The number of aromatic amines is 1. The third-order valence-electron chi connectivity index (χ3n) is 11.4. The molecule has 2 aliphatic rings. The quantitative estimate of drug-likeness (QED) is 0.0856. The number of ether oxygens (including phenoxy) is 1. The van der Waals surface area contributed by atoms with E-state index < -0.39 is 0 Å². The van der Waals surface area contributed by atoms with Crippen molar-refractivity contribution in [3.8, 4) is 11.3 Å². The first-order valence-electron chi connectivity index (χ1n) is 21.5. The predicted molar refractivity (Wildman–Crippen MR) is 235 cm³/mol. The zero-order valence-electron chi connectivity index (χ0n) is 35.2. The van der Waals surface area contributed by atoms with Crippen LogP contribution in [0.4, 0.5) is 17.7 Å². The molecule has 62 heavy (non-hydrogen) atoms. The van der Waals surface area contributed by atoms with Gasteiger partial charge >= 0.3 is 0 Å². The Morgan fingerprint density at radius 3 is 2.29 bits per heavy atom. The Kier molecular flexibility index (Phi) is 14.0. The first-order chi connectivity index (χ1) is 30.4. The van der Waals surface area contributed by atoms with Gasteiger partial charge in [0, 0.05) is 132 Å². The SMILES string of the molecule is CNCc1cnc(N2CCN(C(=O)CCOCCN3CCN(c4ncc(C(=O)NCCCCCCn5nc(-c6cnc7[nH]ccc7c6)c6c(N)ncnc65)cn4)CC3)CC2)nc1. The number of pyridine rings is 1. The van der Waals surface area contributed by atoms with Crippen LogP contribution in [0, 0.1) is 0 Å². The third kappa shape index (κ3) is 10.4. The molecule has 326 valence electrons. The number of nitrogens with two attached hydrogens (primary N) is 1. The number of carbonyl (C=O) groups excluding carboxylic acids is 2. The van der Waals surface area contributed by atoms with Crippen LogP contribution >= 0.6 is 0 Å². The number of H-pyrrole nitrogens is 1. The summed E-state index contributed by atoms with van der Waals surface area (Å²) in [5.41, 5.74) is 10.9. The highest BCUT2D eigenvalue weighted by Crippen LogP contribution is 2.31. The molecule has 0 saturated carbocycles. The Hall–Kier alpha value is -6.38. The summed E-state index contributed by atoms with van der Waals surface area (Å²) in [4.78, 5) is 68.5. The number of nitrogens with one attached hydrogen (secondary N) is 3. The number of hydrogen-bond acceptors (Lipinski definition) is 16. The zero-order valence-corrected chi connectivity index (χ0v) is 35.2. The number of nitrogens with zero attached hydrogens (tertiary/aromatic N) is 13. The van der Waals surface area contributed by atoms with Crippen molar-refractivity contribution in [3.05, 3.63) is 66.8 Å². The van der Waals surface area contributed by atoms with Crippen molar-refractivity contribution >= 4 is 51.6 Å². The fourth-order valence-electron chi connectivity index (χ4n) is 7.85. The molecule has 6 aromatic heterocycles. The Morgan fingerprint density at radius 2 is 1.53 bits per heavy atom. The van der Waals surface area contributed by atoms with E-state index in [0.29, 0.717) is 87.8 Å². The van der Waals surface area contributed by atoms with Crippen LogP contribution < -0.4 is 26.2 Å². The Bertz CT molecular complexity index is 2390. The number of rotatable bonds is 19. The molecule has 0 aliphatic carbocycles. The molecule has 2 saturated heterocycles. The molecular formula is C42H55N17O3. The average molecular weight is 846 g/mol. The van der Waals surface area contributed by atoms with Gasteiger partial charge in [-0.3, -0.25) is 14.5 Å². The molecular weight excluding hydrogens is 791 g/mol. The summed E-state index contributed by atoms with van der Waals surface area (Å²) >= 11 is 0. The third-order valence-corrected chi connectivity index (χ3v) is 11.4. The standard InChI is InChI=1S/C42H55N17O3/c1-44-23-30-24-48-41(49-25-30)58-17-15-56(16-18-58)34(60)7-20-62-21-19-55-11-13-57(14-12-55)42-50-27-33(28-51-42)40(61)46-8-4-2-3-5-10-59-39-35(37(43)52-29-53-39)36(54-59)32-22-31-6-9-45-38(31)47-26-32/h6,9,22,24-29,44H,2-5,7-8,10-21,23H2,1H3,(H,45,47)(H,46,61)(H2,43,52,53). The Balaban J connectivity index is 0.675. The van der Waals surface area contributed by atoms with Crippen molar-refractivity contribution in [1.29, 1.82) is 0 Å². The summed E-state index contributed by atoms with van der Waals surface area (Å²) in [6.07, 6.45) is 16.0. The number of nitrogen functional groups attached to an aromatic ring is 1. The number of aryl methyl sites for hydroxylation is 1. The van der Waals surface area contributed by atoms with E-state index in [1.165, 1.54) is 6.33 Å². The van der Waals surface area contributed by atoms with E-state index in [4.69, 9.17) is 15.6 Å². The van der Waals surface area contributed by atoms with Crippen molar-refractivity contribution in [2.75, 3.05) is 101 Å². The van der Waals surface area contributed by atoms with Crippen molar-refractivity contribution in [2.45, 2.75) is 45.2 Å². The molecule has 0 bridgehead atoms. The van der Waals surface area contributed by atoms with Gasteiger partial charge in [-0.25, -0.2) is 39.6 Å². The number of carbonyl (C=O) groups is 2. The number of anilines is 3. The van der Waals surface area contributed by atoms with Crippen LogP contribution in [0.5, 0.6) is 0 Å². The molecule has 0 unspecified atom stereocenters. The van der Waals surface area contributed by atoms with Gasteiger partial charge in [-0.2, -0.15) is 5.10 Å². The molecule has 8 heterocycles. The van der Waals surface area contributed by atoms with Crippen LogP contribution in [0.25, 0.3) is 33.3 Å². The smallest absolute Gasteiger partial charge is 0.254 e. The van der Waals surface area contributed by atoms with Gasteiger partial charge in [-0.1, -0.05) is 12.8 Å². The summed E-state index contributed by atoms with van der Waals surface area (Å²) in [5.74, 6) is 1.66. The molecule has 8 rings (SSSR count). The summed E-state index contributed by atoms with van der Waals surface area (Å²) < 4.78 is 7.75. The van der Waals surface area contributed by atoms with Gasteiger partial charge in [0.1, 0.15) is 23.5 Å². The van der Waals surface area contributed by atoms with Crippen LogP contribution in [-0.4, -0.2) is 157 Å². The highest BCUT2D eigenvalue weighted by Gasteiger charge is 2.24. The average Bonchev–Trinajstić information content (AvgIpc) is 3.94. The fourth-order valence-corrected chi connectivity index (χ4v) is 7.85. The summed E-state index contributed by atoms with van der Waals surface area (Å²) in [7, 11) is 1.90. The highest BCUT2D eigenvalue weighted by atomic mass is 16.5. The largest absolute Gasteiger partial charge is 0.383 e. The lowest BCUT2D eigenvalue weighted by Crippen LogP contribution is -2.49. The lowest BCUT2D eigenvalue weighted by Gasteiger charge is -2.35. The lowest BCUT2D eigenvalue weighted by atomic mass is 10.1. The highest BCUT2D eigenvalue weighted by molar-refractivity contribution is 5.99. The van der Waals surface area contributed by atoms with Crippen molar-refractivity contribution in [2.24, 2.45) is 0 Å². The molecule has 20 nitrogen and oxygen atoms in total. The van der Waals surface area contributed by atoms with Gasteiger partial charge in [0.2, 0.25) is 17.8 Å². The molecule has 20 heteroatoms. The number of unbranched alkanes of at least 4 members (excludes halogenated alkanes) is 3. The molecule has 6 aromatic rings. The first-order valence-corrected chi connectivity index (χ1v) is 21.5. The second-order valence-corrected chi connectivity index (χ2v) is 15.6. The molecule has 2 aliphatic heterocycles. The van der Waals surface area contributed by atoms with Crippen LogP contribution in [0.1, 0.15) is 48.0 Å². The van der Waals surface area contributed by atoms with E-state index in [9.17, 15) is 9.59 Å². The van der Waals surface area contributed by atoms with Crippen LogP contribution in [0.2, 0.25) is 0 Å². The number of piperazine rings is 2. The van der Waals surface area contributed by atoms with Gasteiger partial charge in [0.05, 0.1) is 30.6 Å². The fraction of sp³-hybridized carbons (Fsp3) is 0.476. The number of fused-ring (bicyclic) bond motifs is 2. The minimum absolute atomic E-state index is 0.119. The maximum atomic E-state index is 12.8. The van der Waals surface area contributed by atoms with Crippen molar-refractivity contribution < 1.29 is 14.3 Å². The molecule has 0 radical (unpaired) electrons. The van der Waals surface area contributed by atoms with E-state index in [0.717, 1.165) is 98.2 Å². The topological polar surface area (TPSA) is 230 Å². The van der Waals surface area contributed by atoms with Crippen molar-refractivity contribution in [1.82, 2.24) is 70.1 Å². The molecule has 5 N–H and O–H groups in total. The first kappa shape index (κ1) is 42.3. The van der Waals surface area contributed by atoms with Gasteiger partial charge in [0.15, 0.2) is 5.65 Å². The maximum absolute atomic E-state index is 12.8. The predicted octanol–water partition coefficient (Wildman–Crippen LogP) is 2.12. The second-order valence-electron chi connectivity index (χ2n) is 15.6. The number of amides is 2. The molecule has 0 atom stereocenters. The molecule has 2 fully saturated rings. The Morgan fingerprint density at radius 1 is 0.806 bits per heavy atom. The monoisotopic (exact) mass is 845 g/mol. The Labute approximate surface area is 359 Å². The van der Waals surface area contributed by atoms with Gasteiger partial charge in [0.25, 0.3) is 5.91 Å². The van der Waals surface area contributed by atoms with Crippen LogP contribution in [0.15, 0.2) is 55.6 Å². The zero-order chi connectivity index (χ0) is 42.7. The summed E-state index contributed by atoms with van der Waals surface area (Å²) in [6, 6.07) is 4.01. The minimum atomic E-state index is -0.178. The summed E-state index contributed by atoms with van der Waals surface area (Å²) in [6.45, 7) is 9.77. The van der Waals surface area contributed by atoms with Crippen LogP contribution in [0.3, 0.4) is 0 Å². The summed E-state index contributed by atoms with van der Waals surface area (Å²) in [5, 5.41) is 12.7. The van der Waals surface area contributed by atoms with E-state index >= 15 is 0 Å². The molecule has 2 amide bonds. The van der Waals surface area contributed by atoms with E-state index in [1.54, 1.807) is 18.6 Å². The van der Waals surface area contributed by atoms with Gasteiger partial charge in [-0.05, 0) is 32.0 Å². The number of aromatic nitrogens is 10. The minimum Gasteiger partial charge on any atom is -0.383 e. The maximum Gasteiger partial charge on any atom is 0.254 e. The molecule has 0 spiro atoms. The van der Waals surface area contributed by atoms with Crippen molar-refractivity contribution in [3.63, 3.8) is 0 Å². The molecule has 0 aromatic carbocycles. The van der Waals surface area contributed by atoms with Crippen LogP contribution in [-0.2, 0) is 22.6 Å². The van der Waals surface area contributed by atoms with E-state index in [2.05, 4.69) is 65.2 Å². The van der Waals surface area contributed by atoms with E-state index in [-0.39, 0.29) is 11.8 Å². The lowest BCUT2D eigenvalue weighted by molar-refractivity contribution is -0.132. The number of hydrogen-bond donors (Lipinski definition) is 4. The van der Waals surface area contributed by atoms with E-state index in [1.807, 2.05) is 47.4 Å². The second kappa shape index (κ2) is 20.5. The van der Waals surface area contributed by atoms with Gasteiger partial charge < -0.3 is 40.8 Å².